The van der Waals surface area contributed by atoms with E-state index in [-0.39, 0.29) is 17.2 Å². The first-order valence-electron chi connectivity index (χ1n) is 9.46. The molecule has 1 aromatic heterocycles. The molecule has 4 aromatic rings. The van der Waals surface area contributed by atoms with Gasteiger partial charge in [0.15, 0.2) is 11.1 Å². The first kappa shape index (κ1) is 22.5. The van der Waals surface area contributed by atoms with Gasteiger partial charge in [0.25, 0.3) is 5.91 Å². The lowest BCUT2D eigenvalue weighted by Gasteiger charge is -2.09. The standard InChI is InChI=1S/C23H16ClF2NO3S2/c24-16-8-14(19-3-2-17(25)12-20(19)26)9-18(11-16)27-23(28)22-10-15-7-13(5-6-32(29)30)1-4-21(15)31-22/h1-4,7-12H,5-6H2,(H,27,28)(H,29,30). The summed E-state index contributed by atoms with van der Waals surface area (Å²) in [5.41, 5.74) is 1.87. The fraction of sp³-hybridized carbons (Fsp3) is 0.0870. The fourth-order valence-corrected chi connectivity index (χ4v) is 4.88. The molecule has 0 radical (unpaired) electrons. The Morgan fingerprint density at radius 1 is 1.06 bits per heavy atom. The van der Waals surface area contributed by atoms with Gasteiger partial charge in [0, 0.05) is 27.0 Å². The highest BCUT2D eigenvalue weighted by Gasteiger charge is 2.14. The molecule has 0 fully saturated rings. The van der Waals surface area contributed by atoms with Crippen molar-refractivity contribution in [1.82, 2.24) is 0 Å². The third kappa shape index (κ3) is 5.21. The van der Waals surface area contributed by atoms with Gasteiger partial charge in [-0.2, -0.15) is 0 Å². The van der Waals surface area contributed by atoms with Crippen molar-refractivity contribution in [1.29, 1.82) is 0 Å². The van der Waals surface area contributed by atoms with Gasteiger partial charge in [0.2, 0.25) is 0 Å². The van der Waals surface area contributed by atoms with Crippen LogP contribution in [0.4, 0.5) is 14.5 Å². The lowest BCUT2D eigenvalue weighted by Crippen LogP contribution is -2.10. The van der Waals surface area contributed by atoms with Gasteiger partial charge in [0.05, 0.1) is 10.6 Å². The molecule has 32 heavy (non-hydrogen) atoms. The third-order valence-electron chi connectivity index (χ3n) is 4.77. The minimum Gasteiger partial charge on any atom is -0.321 e. The summed E-state index contributed by atoms with van der Waals surface area (Å²) in [5, 5.41) is 3.93. The van der Waals surface area contributed by atoms with Gasteiger partial charge >= 0.3 is 0 Å². The minimum absolute atomic E-state index is 0.148. The molecular weight excluding hydrogens is 476 g/mol. The number of fused-ring (bicyclic) bond motifs is 1. The lowest BCUT2D eigenvalue weighted by atomic mass is 10.0. The highest BCUT2D eigenvalue weighted by Crippen LogP contribution is 2.31. The van der Waals surface area contributed by atoms with E-state index in [1.165, 1.54) is 23.5 Å². The number of carbonyl (C=O) groups excluding carboxylic acids is 1. The molecule has 3 aromatic carbocycles. The zero-order chi connectivity index (χ0) is 22.8. The van der Waals surface area contributed by atoms with Crippen molar-refractivity contribution < 1.29 is 22.3 Å². The first-order chi connectivity index (χ1) is 15.3. The SMILES string of the molecule is O=C(Nc1cc(Cl)cc(-c2ccc(F)cc2F)c1)c1cc2cc(CCS(=O)O)ccc2s1. The zero-order valence-corrected chi connectivity index (χ0v) is 18.8. The topological polar surface area (TPSA) is 66.4 Å². The summed E-state index contributed by atoms with van der Waals surface area (Å²) in [6.45, 7) is 0. The van der Waals surface area contributed by atoms with E-state index in [4.69, 9.17) is 16.2 Å². The molecule has 0 saturated carbocycles. The smallest absolute Gasteiger partial charge is 0.265 e. The molecule has 1 atom stereocenters. The summed E-state index contributed by atoms with van der Waals surface area (Å²) in [6.07, 6.45) is 0.460. The molecule has 4 nitrogen and oxygen atoms in total. The van der Waals surface area contributed by atoms with Gasteiger partial charge in [-0.05, 0) is 65.4 Å². The largest absolute Gasteiger partial charge is 0.321 e. The van der Waals surface area contributed by atoms with Crippen LogP contribution >= 0.6 is 22.9 Å². The van der Waals surface area contributed by atoms with Gasteiger partial charge in [-0.1, -0.05) is 23.7 Å². The van der Waals surface area contributed by atoms with Crippen molar-refractivity contribution in [2.75, 3.05) is 11.1 Å². The Kier molecular flexibility index (Phi) is 6.66. The number of hydrogen-bond acceptors (Lipinski definition) is 3. The Morgan fingerprint density at radius 3 is 2.62 bits per heavy atom. The van der Waals surface area contributed by atoms with E-state index < -0.39 is 22.7 Å². The second kappa shape index (κ2) is 9.46. The maximum Gasteiger partial charge on any atom is 0.265 e. The first-order valence-corrected chi connectivity index (χ1v) is 11.9. The molecule has 1 amide bonds. The summed E-state index contributed by atoms with van der Waals surface area (Å²) in [5.74, 6) is -1.61. The Hall–Kier alpha value is -2.65. The number of benzene rings is 3. The van der Waals surface area contributed by atoms with Gasteiger partial charge < -0.3 is 9.87 Å². The number of carbonyl (C=O) groups is 1. The number of aryl methyl sites for hydroxylation is 1. The number of thiophene rings is 1. The molecule has 1 heterocycles. The summed E-state index contributed by atoms with van der Waals surface area (Å²) in [6, 6.07) is 15.3. The second-order valence-electron chi connectivity index (χ2n) is 7.07. The zero-order valence-electron chi connectivity index (χ0n) is 16.4. The minimum atomic E-state index is -1.86. The third-order valence-corrected chi connectivity index (χ3v) is 6.65. The van der Waals surface area contributed by atoms with Crippen molar-refractivity contribution in [2.24, 2.45) is 0 Å². The van der Waals surface area contributed by atoms with Crippen LogP contribution in [0.5, 0.6) is 0 Å². The highest BCUT2D eigenvalue weighted by atomic mass is 35.5. The molecule has 9 heteroatoms. The van der Waals surface area contributed by atoms with Gasteiger partial charge in [-0.25, -0.2) is 13.0 Å². The maximum atomic E-state index is 14.2. The molecule has 1 unspecified atom stereocenters. The molecule has 2 N–H and O–H groups in total. The number of hydrogen-bond donors (Lipinski definition) is 2. The fourth-order valence-electron chi connectivity index (χ4n) is 3.30. The summed E-state index contributed by atoms with van der Waals surface area (Å²) >= 11 is 5.61. The van der Waals surface area contributed by atoms with Crippen molar-refractivity contribution in [3.8, 4) is 11.1 Å². The quantitative estimate of drug-likeness (QED) is 0.302. The lowest BCUT2D eigenvalue weighted by molar-refractivity contribution is 0.103. The molecule has 0 saturated heterocycles. The van der Waals surface area contributed by atoms with Crippen molar-refractivity contribution in [2.45, 2.75) is 6.42 Å². The predicted molar refractivity (Wildman–Crippen MR) is 126 cm³/mol. The predicted octanol–water partition coefficient (Wildman–Crippen LogP) is 6.52. The monoisotopic (exact) mass is 491 g/mol. The molecule has 0 aliphatic heterocycles. The molecule has 0 aliphatic rings. The number of amides is 1. The van der Waals surface area contributed by atoms with Crippen LogP contribution < -0.4 is 5.32 Å². The van der Waals surface area contributed by atoms with E-state index in [1.54, 1.807) is 18.2 Å². The van der Waals surface area contributed by atoms with Crippen LogP contribution in [0.25, 0.3) is 21.2 Å². The van der Waals surface area contributed by atoms with Crippen LogP contribution in [0.3, 0.4) is 0 Å². The van der Waals surface area contributed by atoms with Crippen LogP contribution in [0.2, 0.25) is 5.02 Å². The molecule has 4 rings (SSSR count). The maximum absolute atomic E-state index is 14.2. The number of rotatable bonds is 6. The number of nitrogens with one attached hydrogen (secondary N) is 1. The van der Waals surface area contributed by atoms with Crippen LogP contribution in [0, 0.1) is 11.6 Å². The molecule has 0 bridgehead atoms. The van der Waals surface area contributed by atoms with E-state index in [0.29, 0.717) is 27.6 Å². The molecule has 0 spiro atoms. The van der Waals surface area contributed by atoms with Crippen LogP contribution in [-0.4, -0.2) is 20.4 Å². The summed E-state index contributed by atoms with van der Waals surface area (Å²) < 4.78 is 48.2. The highest BCUT2D eigenvalue weighted by molar-refractivity contribution is 7.79. The normalized spacial score (nSPS) is 12.1. The van der Waals surface area contributed by atoms with Crippen molar-refractivity contribution in [3.63, 3.8) is 0 Å². The molecule has 164 valence electrons. The van der Waals surface area contributed by atoms with Crippen LogP contribution in [0.15, 0.2) is 60.7 Å². The van der Waals surface area contributed by atoms with Crippen LogP contribution in [0.1, 0.15) is 15.2 Å². The molecular formula is C23H16ClF2NO3S2. The van der Waals surface area contributed by atoms with E-state index in [1.807, 2.05) is 18.2 Å². The van der Waals surface area contributed by atoms with Gasteiger partial charge in [-0.3, -0.25) is 4.79 Å². The Bertz CT molecular complexity index is 1360. The Labute approximate surface area is 194 Å². The van der Waals surface area contributed by atoms with E-state index >= 15 is 0 Å². The van der Waals surface area contributed by atoms with E-state index in [0.717, 1.165) is 27.8 Å². The Balaban J connectivity index is 1.57. The van der Waals surface area contributed by atoms with Crippen molar-refractivity contribution in [3.05, 3.63) is 87.8 Å². The Morgan fingerprint density at radius 2 is 1.88 bits per heavy atom. The average Bonchev–Trinajstić information content (AvgIpc) is 3.15. The second-order valence-corrected chi connectivity index (χ2v) is 9.64. The van der Waals surface area contributed by atoms with Crippen LogP contribution in [-0.2, 0) is 17.5 Å². The summed E-state index contributed by atoms with van der Waals surface area (Å²) in [4.78, 5) is 13.3. The molecule has 0 aliphatic carbocycles. The number of anilines is 1. The van der Waals surface area contributed by atoms with Crippen molar-refractivity contribution >= 4 is 55.7 Å². The van der Waals surface area contributed by atoms with Gasteiger partial charge in [0.1, 0.15) is 11.6 Å². The summed E-state index contributed by atoms with van der Waals surface area (Å²) in [7, 11) is 0. The average molecular weight is 492 g/mol. The van der Waals surface area contributed by atoms with Gasteiger partial charge in [-0.15, -0.1) is 11.3 Å². The van der Waals surface area contributed by atoms with E-state index in [2.05, 4.69) is 5.32 Å². The van der Waals surface area contributed by atoms with E-state index in [9.17, 15) is 17.8 Å². The number of halogens is 3.